The normalized spacial score (nSPS) is 16.7. The summed E-state index contributed by atoms with van der Waals surface area (Å²) < 4.78 is 22.9. The summed E-state index contributed by atoms with van der Waals surface area (Å²) in [5.74, 6) is 1.70. The highest BCUT2D eigenvalue weighted by Crippen LogP contribution is 2.42. The molecule has 7 nitrogen and oxygen atoms in total. The first-order chi connectivity index (χ1) is 17.5. The lowest BCUT2D eigenvalue weighted by Crippen LogP contribution is -2.46. The van der Waals surface area contributed by atoms with Gasteiger partial charge in [0.15, 0.2) is 11.5 Å². The van der Waals surface area contributed by atoms with Crippen molar-refractivity contribution in [2.45, 2.75) is 38.0 Å². The Kier molecular flexibility index (Phi) is 8.33. The molecule has 1 saturated heterocycles. The lowest BCUT2D eigenvalue weighted by molar-refractivity contribution is -0.145. The van der Waals surface area contributed by atoms with Crippen LogP contribution in [0.4, 0.5) is 0 Å². The molecule has 3 aromatic rings. The molecule has 2 unspecified atom stereocenters. The standard InChI is InChI=1S/C29H33NO6/c1-33-22-13-14-23(26(18-22)34-2)28(30-16-8-7-11-24(30)29(31)32)21-12-15-25(27(17-21)35-3)36-19-20-9-5-4-6-10-20/h4-6,9-10,12-15,17-18,24,28H,7-8,11,16,19H2,1-3H3,(H,31,32). The Bertz CT molecular complexity index is 1170. The number of ether oxygens (including phenoxy) is 4. The van der Waals surface area contributed by atoms with Crippen LogP contribution in [0.3, 0.4) is 0 Å². The van der Waals surface area contributed by atoms with Crippen LogP contribution in [-0.4, -0.2) is 49.9 Å². The SMILES string of the molecule is COc1ccc(C(c2ccc(OCc3ccccc3)c(OC)c2)N2CCCCC2C(=O)O)c(OC)c1. The summed E-state index contributed by atoms with van der Waals surface area (Å²) in [7, 11) is 4.83. The molecule has 1 heterocycles. The molecule has 2 atom stereocenters. The van der Waals surface area contributed by atoms with Crippen LogP contribution in [0.5, 0.6) is 23.0 Å². The molecule has 0 radical (unpaired) electrons. The third kappa shape index (κ3) is 5.57. The van der Waals surface area contributed by atoms with E-state index in [1.165, 1.54) is 0 Å². The van der Waals surface area contributed by atoms with Gasteiger partial charge in [-0.3, -0.25) is 9.69 Å². The van der Waals surface area contributed by atoms with Crippen LogP contribution in [0.2, 0.25) is 0 Å². The summed E-state index contributed by atoms with van der Waals surface area (Å²) in [4.78, 5) is 14.3. The molecule has 1 aliphatic rings. The van der Waals surface area contributed by atoms with Crippen LogP contribution in [0, 0.1) is 0 Å². The zero-order valence-corrected chi connectivity index (χ0v) is 21.0. The van der Waals surface area contributed by atoms with E-state index in [0.29, 0.717) is 42.6 Å². The Balaban J connectivity index is 1.75. The van der Waals surface area contributed by atoms with Gasteiger partial charge >= 0.3 is 5.97 Å². The number of carboxylic acids is 1. The van der Waals surface area contributed by atoms with E-state index >= 15 is 0 Å². The molecule has 0 spiro atoms. The molecule has 36 heavy (non-hydrogen) atoms. The van der Waals surface area contributed by atoms with Gasteiger partial charge in [-0.25, -0.2) is 0 Å². The maximum Gasteiger partial charge on any atom is 0.320 e. The molecule has 7 heteroatoms. The van der Waals surface area contributed by atoms with Gasteiger partial charge < -0.3 is 24.1 Å². The number of methoxy groups -OCH3 is 3. The summed E-state index contributed by atoms with van der Waals surface area (Å²) in [6.45, 7) is 1.07. The zero-order chi connectivity index (χ0) is 25.5. The van der Waals surface area contributed by atoms with E-state index in [1.807, 2.05) is 66.7 Å². The largest absolute Gasteiger partial charge is 0.497 e. The van der Waals surface area contributed by atoms with E-state index < -0.39 is 12.0 Å². The van der Waals surface area contributed by atoms with Crippen molar-refractivity contribution in [1.82, 2.24) is 4.90 Å². The van der Waals surface area contributed by atoms with Gasteiger partial charge in [-0.1, -0.05) is 42.8 Å². The fourth-order valence-electron chi connectivity index (χ4n) is 4.83. The van der Waals surface area contributed by atoms with Gasteiger partial charge in [0.05, 0.1) is 27.4 Å². The maximum absolute atomic E-state index is 12.2. The van der Waals surface area contributed by atoms with Crippen molar-refractivity contribution < 1.29 is 28.8 Å². The number of hydrogen-bond acceptors (Lipinski definition) is 6. The average molecular weight is 492 g/mol. The summed E-state index contributed by atoms with van der Waals surface area (Å²) in [6, 6.07) is 20.4. The number of rotatable bonds is 10. The van der Waals surface area contributed by atoms with Crippen molar-refractivity contribution >= 4 is 5.97 Å². The molecular formula is C29H33NO6. The topological polar surface area (TPSA) is 77.5 Å². The van der Waals surface area contributed by atoms with E-state index in [4.69, 9.17) is 18.9 Å². The van der Waals surface area contributed by atoms with Crippen molar-refractivity contribution in [1.29, 1.82) is 0 Å². The molecule has 3 aromatic carbocycles. The van der Waals surface area contributed by atoms with Crippen molar-refractivity contribution in [3.05, 3.63) is 83.4 Å². The fourth-order valence-corrected chi connectivity index (χ4v) is 4.83. The molecule has 0 aromatic heterocycles. The van der Waals surface area contributed by atoms with Gasteiger partial charge in [-0.15, -0.1) is 0 Å². The van der Waals surface area contributed by atoms with Gasteiger partial charge in [0, 0.05) is 11.6 Å². The second-order valence-electron chi connectivity index (χ2n) is 8.78. The summed E-state index contributed by atoms with van der Waals surface area (Å²) in [5.41, 5.74) is 2.82. The molecule has 0 bridgehead atoms. The van der Waals surface area contributed by atoms with E-state index in [2.05, 4.69) is 4.90 Å². The third-order valence-corrected chi connectivity index (χ3v) is 6.64. The smallest absolute Gasteiger partial charge is 0.320 e. The van der Waals surface area contributed by atoms with Gasteiger partial charge in [0.1, 0.15) is 24.1 Å². The van der Waals surface area contributed by atoms with E-state index in [0.717, 1.165) is 29.5 Å². The first kappa shape index (κ1) is 25.4. The number of piperidine rings is 1. The van der Waals surface area contributed by atoms with Gasteiger partial charge in [-0.05, 0) is 54.8 Å². The second-order valence-corrected chi connectivity index (χ2v) is 8.78. The molecule has 190 valence electrons. The molecule has 4 rings (SSSR count). The fraction of sp³-hybridized carbons (Fsp3) is 0.345. The van der Waals surface area contributed by atoms with Crippen molar-refractivity contribution in [3.8, 4) is 23.0 Å². The van der Waals surface area contributed by atoms with Crippen LogP contribution in [0.25, 0.3) is 0 Å². The number of hydrogen-bond donors (Lipinski definition) is 1. The average Bonchev–Trinajstić information content (AvgIpc) is 2.93. The Hall–Kier alpha value is -3.71. The molecule has 1 N–H and O–H groups in total. The molecular weight excluding hydrogens is 458 g/mol. The molecule has 1 fully saturated rings. The summed E-state index contributed by atoms with van der Waals surface area (Å²) in [5, 5.41) is 10.0. The van der Waals surface area contributed by atoms with Crippen LogP contribution in [0.1, 0.15) is 42.0 Å². The Morgan fingerprint density at radius 2 is 1.69 bits per heavy atom. The Morgan fingerprint density at radius 3 is 2.39 bits per heavy atom. The lowest BCUT2D eigenvalue weighted by atomic mass is 9.91. The number of benzene rings is 3. The highest BCUT2D eigenvalue weighted by atomic mass is 16.5. The lowest BCUT2D eigenvalue weighted by Gasteiger charge is -2.40. The van der Waals surface area contributed by atoms with Crippen LogP contribution in [-0.2, 0) is 11.4 Å². The summed E-state index contributed by atoms with van der Waals surface area (Å²) in [6.07, 6.45) is 2.41. The molecule has 0 saturated carbocycles. The second kappa shape index (κ2) is 11.8. The first-order valence-corrected chi connectivity index (χ1v) is 12.1. The number of likely N-dealkylation sites (tertiary alicyclic amines) is 1. The van der Waals surface area contributed by atoms with E-state index in [9.17, 15) is 9.90 Å². The van der Waals surface area contributed by atoms with E-state index in [-0.39, 0.29) is 6.04 Å². The minimum absolute atomic E-state index is 0.357. The van der Waals surface area contributed by atoms with Crippen LogP contribution < -0.4 is 18.9 Å². The minimum atomic E-state index is -0.818. The van der Waals surface area contributed by atoms with Crippen LogP contribution >= 0.6 is 0 Å². The Labute approximate surface area is 212 Å². The first-order valence-electron chi connectivity index (χ1n) is 12.1. The quantitative estimate of drug-likeness (QED) is 0.411. The van der Waals surface area contributed by atoms with Crippen molar-refractivity contribution in [2.24, 2.45) is 0 Å². The maximum atomic E-state index is 12.2. The van der Waals surface area contributed by atoms with Gasteiger partial charge in [0.2, 0.25) is 0 Å². The zero-order valence-electron chi connectivity index (χ0n) is 21.0. The predicted molar refractivity (Wildman–Crippen MR) is 137 cm³/mol. The van der Waals surface area contributed by atoms with Gasteiger partial charge in [0.25, 0.3) is 0 Å². The summed E-state index contributed by atoms with van der Waals surface area (Å²) >= 11 is 0. The molecule has 1 aliphatic heterocycles. The number of carbonyl (C=O) groups is 1. The van der Waals surface area contributed by atoms with Crippen molar-refractivity contribution in [3.63, 3.8) is 0 Å². The third-order valence-electron chi connectivity index (χ3n) is 6.64. The number of aliphatic carboxylic acids is 1. The minimum Gasteiger partial charge on any atom is -0.497 e. The number of carboxylic acid groups (broad SMARTS) is 1. The van der Waals surface area contributed by atoms with Gasteiger partial charge in [-0.2, -0.15) is 0 Å². The highest BCUT2D eigenvalue weighted by Gasteiger charge is 2.36. The highest BCUT2D eigenvalue weighted by molar-refractivity contribution is 5.74. The molecule has 0 amide bonds. The Morgan fingerprint density at radius 1 is 0.917 bits per heavy atom. The number of nitrogens with zero attached hydrogens (tertiary/aromatic N) is 1. The predicted octanol–water partition coefficient (Wildman–Crippen LogP) is 5.32. The van der Waals surface area contributed by atoms with Crippen molar-refractivity contribution in [2.75, 3.05) is 27.9 Å². The van der Waals surface area contributed by atoms with Crippen LogP contribution in [0.15, 0.2) is 66.7 Å². The monoisotopic (exact) mass is 491 g/mol. The molecule has 0 aliphatic carbocycles. The van der Waals surface area contributed by atoms with E-state index in [1.54, 1.807) is 21.3 Å².